The molecule has 0 radical (unpaired) electrons. The Morgan fingerprint density at radius 3 is 3.10 bits per heavy atom. The van der Waals surface area contributed by atoms with E-state index in [1.54, 1.807) is 17.0 Å². The molecule has 1 N–H and O–H groups in total. The van der Waals surface area contributed by atoms with Gasteiger partial charge in [0.1, 0.15) is 11.9 Å². The van der Waals surface area contributed by atoms with E-state index in [2.05, 4.69) is 5.32 Å². The van der Waals surface area contributed by atoms with Crippen LogP contribution in [0.5, 0.6) is 0 Å². The van der Waals surface area contributed by atoms with E-state index in [1.165, 1.54) is 6.07 Å². The van der Waals surface area contributed by atoms with E-state index < -0.39 is 5.82 Å². The standard InChI is InChI=1S/C15H16FN3O/c16-14-10(7-17)3-1-4-11(14)8-19-9-13-12(15(19)20)5-2-6-18-13/h1,3-4,12-13,18H,2,5-6,8-9H2. The van der Waals surface area contributed by atoms with Crippen LogP contribution in [0.25, 0.3) is 0 Å². The maximum absolute atomic E-state index is 14.0. The highest BCUT2D eigenvalue weighted by molar-refractivity contribution is 5.82. The van der Waals surface area contributed by atoms with E-state index in [9.17, 15) is 9.18 Å². The Kier molecular flexibility index (Phi) is 3.41. The number of hydrogen-bond donors (Lipinski definition) is 1. The van der Waals surface area contributed by atoms with Crippen LogP contribution in [-0.4, -0.2) is 29.9 Å². The summed E-state index contributed by atoms with van der Waals surface area (Å²) < 4.78 is 14.0. The van der Waals surface area contributed by atoms with E-state index in [0.29, 0.717) is 12.1 Å². The van der Waals surface area contributed by atoms with Crippen LogP contribution in [-0.2, 0) is 11.3 Å². The average molecular weight is 273 g/mol. The Labute approximate surface area is 117 Å². The number of hydrogen-bond acceptors (Lipinski definition) is 3. The van der Waals surface area contributed by atoms with Gasteiger partial charge in [0, 0.05) is 24.7 Å². The molecule has 0 saturated carbocycles. The largest absolute Gasteiger partial charge is 0.336 e. The number of nitriles is 1. The predicted octanol–water partition coefficient (Wildman–Crippen LogP) is 1.41. The number of benzene rings is 1. The number of piperidine rings is 1. The van der Waals surface area contributed by atoms with Gasteiger partial charge in [-0.1, -0.05) is 12.1 Å². The zero-order valence-corrected chi connectivity index (χ0v) is 11.1. The molecule has 1 aromatic rings. The molecule has 20 heavy (non-hydrogen) atoms. The Balaban J connectivity index is 1.79. The van der Waals surface area contributed by atoms with Gasteiger partial charge in [0.05, 0.1) is 11.5 Å². The predicted molar refractivity (Wildman–Crippen MR) is 71.0 cm³/mol. The third-order valence-electron chi connectivity index (χ3n) is 4.19. The highest BCUT2D eigenvalue weighted by Gasteiger charge is 2.41. The van der Waals surface area contributed by atoms with Crippen LogP contribution in [0, 0.1) is 23.1 Å². The number of halogens is 1. The lowest BCUT2D eigenvalue weighted by molar-refractivity contribution is -0.131. The van der Waals surface area contributed by atoms with Crippen molar-refractivity contribution < 1.29 is 9.18 Å². The van der Waals surface area contributed by atoms with Crippen molar-refractivity contribution in [3.63, 3.8) is 0 Å². The summed E-state index contributed by atoms with van der Waals surface area (Å²) in [4.78, 5) is 14.0. The van der Waals surface area contributed by atoms with Gasteiger partial charge in [-0.3, -0.25) is 4.79 Å². The molecule has 104 valence electrons. The van der Waals surface area contributed by atoms with E-state index in [0.717, 1.165) is 19.4 Å². The molecule has 4 nitrogen and oxygen atoms in total. The number of amides is 1. The molecule has 0 aromatic heterocycles. The number of nitrogens with one attached hydrogen (secondary N) is 1. The van der Waals surface area contributed by atoms with Crippen molar-refractivity contribution in [1.29, 1.82) is 5.26 Å². The lowest BCUT2D eigenvalue weighted by Gasteiger charge is -2.23. The molecule has 2 fully saturated rings. The van der Waals surface area contributed by atoms with Gasteiger partial charge in [0.15, 0.2) is 0 Å². The van der Waals surface area contributed by atoms with Crippen LogP contribution in [0.3, 0.4) is 0 Å². The van der Waals surface area contributed by atoms with Crippen molar-refractivity contribution in [2.24, 2.45) is 5.92 Å². The molecule has 2 saturated heterocycles. The fourth-order valence-electron chi connectivity index (χ4n) is 3.14. The second-order valence-electron chi connectivity index (χ2n) is 5.42. The molecule has 0 spiro atoms. The molecule has 3 rings (SSSR count). The smallest absolute Gasteiger partial charge is 0.227 e. The third-order valence-corrected chi connectivity index (χ3v) is 4.19. The van der Waals surface area contributed by atoms with Crippen LogP contribution in [0.1, 0.15) is 24.0 Å². The van der Waals surface area contributed by atoms with Crippen molar-refractivity contribution >= 4 is 5.91 Å². The third kappa shape index (κ3) is 2.16. The van der Waals surface area contributed by atoms with Crippen molar-refractivity contribution in [3.05, 3.63) is 35.1 Å². The molecule has 5 heteroatoms. The summed E-state index contributed by atoms with van der Waals surface area (Å²) in [5, 5.41) is 12.2. The molecule has 0 aliphatic carbocycles. The van der Waals surface area contributed by atoms with Gasteiger partial charge in [-0.15, -0.1) is 0 Å². The molecule has 1 amide bonds. The summed E-state index contributed by atoms with van der Waals surface area (Å²) in [5.74, 6) is -0.374. The number of rotatable bonds is 2. The van der Waals surface area contributed by atoms with Crippen molar-refractivity contribution in [3.8, 4) is 6.07 Å². The maximum atomic E-state index is 14.0. The number of carbonyl (C=O) groups excluding carboxylic acids is 1. The number of likely N-dealkylation sites (tertiary alicyclic amines) is 1. The van der Waals surface area contributed by atoms with Crippen LogP contribution in [0.15, 0.2) is 18.2 Å². The number of nitrogens with zero attached hydrogens (tertiary/aromatic N) is 2. The van der Waals surface area contributed by atoms with Crippen LogP contribution in [0.4, 0.5) is 4.39 Å². The minimum Gasteiger partial charge on any atom is -0.336 e. The topological polar surface area (TPSA) is 56.1 Å². The van der Waals surface area contributed by atoms with Crippen molar-refractivity contribution in [1.82, 2.24) is 10.2 Å². The molecule has 2 aliphatic rings. The lowest BCUT2D eigenvalue weighted by Crippen LogP contribution is -2.41. The second-order valence-corrected chi connectivity index (χ2v) is 5.42. The fourth-order valence-corrected chi connectivity index (χ4v) is 3.14. The van der Waals surface area contributed by atoms with Gasteiger partial charge in [0.25, 0.3) is 0 Å². The lowest BCUT2D eigenvalue weighted by atomic mass is 9.94. The summed E-state index contributed by atoms with van der Waals surface area (Å²) in [5.41, 5.74) is 0.445. The van der Waals surface area contributed by atoms with Gasteiger partial charge in [0.2, 0.25) is 5.91 Å². The zero-order chi connectivity index (χ0) is 14.1. The first-order valence-corrected chi connectivity index (χ1v) is 6.90. The van der Waals surface area contributed by atoms with E-state index >= 15 is 0 Å². The number of carbonyl (C=O) groups is 1. The van der Waals surface area contributed by atoms with E-state index in [-0.39, 0.29) is 30.0 Å². The molecular weight excluding hydrogens is 257 g/mol. The van der Waals surface area contributed by atoms with Gasteiger partial charge in [-0.05, 0) is 25.5 Å². The highest BCUT2D eigenvalue weighted by atomic mass is 19.1. The first-order valence-electron chi connectivity index (χ1n) is 6.90. The summed E-state index contributed by atoms with van der Waals surface area (Å²) in [7, 11) is 0. The Hall–Kier alpha value is -1.93. The van der Waals surface area contributed by atoms with Gasteiger partial charge in [-0.25, -0.2) is 4.39 Å². The summed E-state index contributed by atoms with van der Waals surface area (Å²) in [6.07, 6.45) is 1.92. The fraction of sp³-hybridized carbons (Fsp3) is 0.467. The first kappa shape index (κ1) is 13.1. The Morgan fingerprint density at radius 1 is 1.50 bits per heavy atom. The molecule has 0 bridgehead atoms. The summed E-state index contributed by atoms with van der Waals surface area (Å²) in [6.45, 7) is 1.81. The molecule has 1 aromatic carbocycles. The van der Waals surface area contributed by atoms with Crippen LogP contribution >= 0.6 is 0 Å². The SMILES string of the molecule is N#Cc1cccc(CN2CC3NCCCC3C2=O)c1F. The van der Waals surface area contributed by atoms with Crippen molar-refractivity contribution in [2.45, 2.75) is 25.4 Å². The minimum absolute atomic E-state index is 0.0321. The monoisotopic (exact) mass is 273 g/mol. The highest BCUT2D eigenvalue weighted by Crippen LogP contribution is 2.28. The quantitative estimate of drug-likeness (QED) is 0.886. The van der Waals surface area contributed by atoms with Gasteiger partial charge < -0.3 is 10.2 Å². The van der Waals surface area contributed by atoms with Gasteiger partial charge >= 0.3 is 0 Å². The summed E-state index contributed by atoms with van der Waals surface area (Å²) >= 11 is 0. The van der Waals surface area contributed by atoms with Crippen LogP contribution in [0.2, 0.25) is 0 Å². The normalized spacial score (nSPS) is 25.4. The Bertz CT molecular complexity index is 581. The van der Waals surface area contributed by atoms with Gasteiger partial charge in [-0.2, -0.15) is 5.26 Å². The van der Waals surface area contributed by atoms with E-state index in [4.69, 9.17) is 5.26 Å². The number of fused-ring (bicyclic) bond motifs is 1. The average Bonchev–Trinajstić information content (AvgIpc) is 2.78. The Morgan fingerprint density at radius 2 is 2.35 bits per heavy atom. The van der Waals surface area contributed by atoms with E-state index in [1.807, 2.05) is 6.07 Å². The van der Waals surface area contributed by atoms with Crippen molar-refractivity contribution in [2.75, 3.05) is 13.1 Å². The second kappa shape index (κ2) is 5.22. The summed E-state index contributed by atoms with van der Waals surface area (Å²) in [6, 6.07) is 6.77. The molecular formula is C15H16FN3O. The first-order chi connectivity index (χ1) is 9.70. The molecule has 2 aliphatic heterocycles. The molecule has 2 unspecified atom stereocenters. The maximum Gasteiger partial charge on any atom is 0.227 e. The molecule has 2 heterocycles. The molecule has 2 atom stereocenters. The minimum atomic E-state index is -0.509. The van der Waals surface area contributed by atoms with Crippen LogP contribution < -0.4 is 5.32 Å². The zero-order valence-electron chi connectivity index (χ0n) is 11.1.